The maximum absolute atomic E-state index is 14.9. The molecule has 0 bridgehead atoms. The van der Waals surface area contributed by atoms with Gasteiger partial charge in [0.25, 0.3) is 0 Å². The van der Waals surface area contributed by atoms with E-state index in [4.69, 9.17) is 0 Å². The molecule has 414 valence electrons. The minimum Gasteiger partial charge on any atom is -0.350 e. The molecule has 6 saturated carbocycles. The number of nitrogens with zero attached hydrogens (tertiary/aromatic N) is 4. The van der Waals surface area contributed by atoms with E-state index in [-0.39, 0.29) is 67.6 Å². The van der Waals surface area contributed by atoms with Crippen LogP contribution in [0.2, 0.25) is 0 Å². The molecule has 4 heterocycles. The van der Waals surface area contributed by atoms with Gasteiger partial charge in [0.05, 0.1) is 12.1 Å². The van der Waals surface area contributed by atoms with Gasteiger partial charge in [-0.1, -0.05) is 20.3 Å². The van der Waals surface area contributed by atoms with Crippen molar-refractivity contribution in [3.05, 3.63) is 0 Å². The Bertz CT molecular complexity index is 2580. The normalized spacial score (nSPS) is 37.4. The van der Waals surface area contributed by atoms with Crippen molar-refractivity contribution in [1.29, 1.82) is 10.5 Å². The summed E-state index contributed by atoms with van der Waals surface area (Å²) in [5.74, 6) is -14.5. The van der Waals surface area contributed by atoms with E-state index in [0.29, 0.717) is 44.9 Å². The molecule has 0 radical (unpaired) electrons. The molecule has 17 nitrogen and oxygen atoms in total. The molecule has 10 rings (SSSR count). The van der Waals surface area contributed by atoms with Crippen molar-refractivity contribution >= 4 is 47.1 Å². The van der Waals surface area contributed by atoms with E-state index in [1.165, 1.54) is 11.8 Å². The lowest BCUT2D eigenvalue weighted by Gasteiger charge is -2.44. The number of nitrogens with one attached hydrogen (secondary N) is 5. The van der Waals surface area contributed by atoms with E-state index in [1.807, 2.05) is 19.9 Å². The van der Waals surface area contributed by atoms with Gasteiger partial charge in [-0.15, -0.1) is 0 Å². The molecule has 4 saturated heterocycles. The Balaban J connectivity index is 0.885. The molecule has 76 heavy (non-hydrogen) atoms. The number of Topliss-reactive ketones (excluding diaryl/α,β-unsaturated/α-hetero) is 1. The quantitative estimate of drug-likeness (QED) is 0.124. The topological polar surface area (TPSA) is 251 Å². The maximum Gasteiger partial charge on any atom is 0.471 e. The molecular formula is C52H64F7N9O8. The highest BCUT2D eigenvalue weighted by Crippen LogP contribution is 2.73. The number of rotatable bonds is 18. The van der Waals surface area contributed by atoms with Crippen molar-refractivity contribution in [1.82, 2.24) is 36.4 Å². The van der Waals surface area contributed by atoms with Crippen LogP contribution in [0.5, 0.6) is 0 Å². The Morgan fingerprint density at radius 2 is 1.12 bits per heavy atom. The van der Waals surface area contributed by atoms with E-state index >= 15 is 0 Å². The van der Waals surface area contributed by atoms with E-state index in [2.05, 4.69) is 27.3 Å². The smallest absolute Gasteiger partial charge is 0.350 e. The van der Waals surface area contributed by atoms with Gasteiger partial charge in [0.2, 0.25) is 41.2 Å². The summed E-state index contributed by atoms with van der Waals surface area (Å²) < 4.78 is 97.0. The molecular weight excluding hydrogens is 1010 g/mol. The summed E-state index contributed by atoms with van der Waals surface area (Å²) in [6.45, 7) is 4.78. The molecule has 0 aromatic rings. The van der Waals surface area contributed by atoms with Crippen LogP contribution in [0.15, 0.2) is 0 Å². The number of hydrogen-bond acceptors (Lipinski definition) is 10. The van der Waals surface area contributed by atoms with Crippen LogP contribution < -0.4 is 26.6 Å². The van der Waals surface area contributed by atoms with Gasteiger partial charge in [-0.25, -0.2) is 4.39 Å². The summed E-state index contributed by atoms with van der Waals surface area (Å²) in [6, 6.07) is -2.78. The van der Waals surface area contributed by atoms with Crippen molar-refractivity contribution in [3.63, 3.8) is 0 Å². The summed E-state index contributed by atoms with van der Waals surface area (Å²) in [4.78, 5) is 111. The third kappa shape index (κ3) is 9.67. The first-order valence-electron chi connectivity index (χ1n) is 26.8. The Hall–Kier alpha value is -5.55. The molecule has 2 spiro atoms. The van der Waals surface area contributed by atoms with Gasteiger partial charge in [0, 0.05) is 48.3 Å². The highest BCUT2D eigenvalue weighted by Gasteiger charge is 2.76. The number of amides is 7. The molecule has 5 N–H and O–H groups in total. The van der Waals surface area contributed by atoms with E-state index in [1.54, 1.807) is 5.32 Å². The van der Waals surface area contributed by atoms with Gasteiger partial charge in [-0.2, -0.15) is 36.9 Å². The Labute approximate surface area is 434 Å². The molecule has 6 unspecified atom stereocenters. The third-order valence-corrected chi connectivity index (χ3v) is 20.2. The number of hydrogen-bond donors (Lipinski definition) is 5. The van der Waals surface area contributed by atoms with Gasteiger partial charge in [-0.3, -0.25) is 38.4 Å². The van der Waals surface area contributed by atoms with Crippen molar-refractivity contribution in [2.45, 2.75) is 183 Å². The zero-order valence-electron chi connectivity index (χ0n) is 42.5. The second-order valence-electron chi connectivity index (χ2n) is 25.3. The molecule has 6 aliphatic carbocycles. The number of likely N-dealkylation sites (tertiary alicyclic amines) is 2. The van der Waals surface area contributed by atoms with Crippen LogP contribution in [0, 0.1) is 86.8 Å². The summed E-state index contributed by atoms with van der Waals surface area (Å²) in [5, 5.41) is 33.6. The van der Waals surface area contributed by atoms with Crippen molar-refractivity contribution in [2.75, 3.05) is 13.1 Å². The fourth-order valence-corrected chi connectivity index (χ4v) is 15.1. The van der Waals surface area contributed by atoms with Gasteiger partial charge in [0.1, 0.15) is 35.9 Å². The van der Waals surface area contributed by atoms with Crippen LogP contribution >= 0.6 is 0 Å². The SMILES string of the molecule is CC1(F)CC(C(NC(=O)C(F)(F)F)C(=O)N2C[C@H]3[C@@H]([C@H]2C(=O)NC(C#N)C[C@@H]2CC4(CC4)NC2=O)C3(C)CCC2(C)[C@@H]3[C@@H](C(=O)NC(C#N)C[C@@H]4CC5(CC5)NC4=O)N(C(=O)C(CC(=O)C(F)(F)F)C4CCC4)C[C@@H]32)C1. The largest absolute Gasteiger partial charge is 0.471 e. The first-order valence-corrected chi connectivity index (χ1v) is 26.8. The van der Waals surface area contributed by atoms with Crippen molar-refractivity contribution < 1.29 is 69.1 Å². The second-order valence-corrected chi connectivity index (χ2v) is 25.3. The van der Waals surface area contributed by atoms with Crippen LogP contribution in [-0.4, -0.2) is 129 Å². The van der Waals surface area contributed by atoms with E-state index in [0.717, 1.165) is 30.6 Å². The monoisotopic (exact) mass is 1080 g/mol. The number of carbonyl (C=O) groups is 8. The maximum atomic E-state index is 14.9. The fourth-order valence-electron chi connectivity index (χ4n) is 15.1. The molecule has 10 fully saturated rings. The zero-order chi connectivity index (χ0) is 55.0. The summed E-state index contributed by atoms with van der Waals surface area (Å²) in [6.07, 6.45) is -6.20. The predicted molar refractivity (Wildman–Crippen MR) is 248 cm³/mol. The molecule has 4 aliphatic heterocycles. The average Bonchev–Trinajstić information content (AvgIpc) is 4.26. The van der Waals surface area contributed by atoms with E-state index < -0.39 is 148 Å². The lowest BCUT2D eigenvalue weighted by Crippen LogP contribution is -2.62. The minimum atomic E-state index is -5.40. The number of fused-ring (bicyclic) bond motifs is 2. The van der Waals surface area contributed by atoms with Crippen molar-refractivity contribution in [3.8, 4) is 12.1 Å². The Morgan fingerprint density at radius 3 is 1.47 bits per heavy atom. The lowest BCUT2D eigenvalue weighted by atomic mass is 9.69. The molecule has 0 aromatic carbocycles. The van der Waals surface area contributed by atoms with Gasteiger partial charge in [0.15, 0.2) is 0 Å². The van der Waals surface area contributed by atoms with Gasteiger partial charge >= 0.3 is 18.3 Å². The highest BCUT2D eigenvalue weighted by atomic mass is 19.4. The van der Waals surface area contributed by atoms with E-state index in [9.17, 15) is 79.6 Å². The van der Waals surface area contributed by atoms with Crippen LogP contribution in [0.3, 0.4) is 0 Å². The number of halogens is 7. The molecule has 0 aromatic heterocycles. The Morgan fingerprint density at radius 1 is 0.671 bits per heavy atom. The van der Waals surface area contributed by atoms with Crippen LogP contribution in [0.25, 0.3) is 0 Å². The molecule has 24 heteroatoms. The molecule has 7 amide bonds. The number of carbonyl (C=O) groups excluding carboxylic acids is 8. The van der Waals surface area contributed by atoms with Gasteiger partial charge in [-0.05, 0) is 143 Å². The standard InChI is InChI=1S/C52H64F7N9O8/c1-46(53)16-27(17-46)36(64-45(76)52(57,58)59)44(75)68-23-32-35(38(68)42(73)63-29(21-61)14-26-19-50(11-12-50)66-40(26)71)48(32,3)8-7-47(2)31-22-67(43(74)30(24-5-4-6-24)15-33(69)51(54,55)56)37(34(31)47)41(72)62-28(20-60)13-25-18-49(9-10-49)65-39(25)70/h24-32,34-38H,4-19,22-23H2,1-3H3,(H,62,72)(H,63,73)(H,64,76)(H,65,70)(H,66,71)/t25-,26-,27?,28?,29?,30?,31+,32+,34+,35+,36?,37+,38+,46?,47?,48?/m1/s1. The minimum absolute atomic E-state index is 0.0148. The lowest BCUT2D eigenvalue weighted by molar-refractivity contribution is -0.176. The predicted octanol–water partition coefficient (Wildman–Crippen LogP) is 3.95. The second kappa shape index (κ2) is 18.3. The van der Waals surface area contributed by atoms with Crippen LogP contribution in [0.1, 0.15) is 124 Å². The summed E-state index contributed by atoms with van der Waals surface area (Å²) in [7, 11) is 0. The number of nitriles is 2. The number of ketones is 1. The highest BCUT2D eigenvalue weighted by molar-refractivity contribution is 5.96. The first kappa shape index (κ1) is 53.8. The third-order valence-electron chi connectivity index (χ3n) is 20.2. The fraction of sp³-hybridized carbons (Fsp3) is 0.808. The van der Waals surface area contributed by atoms with Crippen LogP contribution in [0.4, 0.5) is 30.7 Å². The van der Waals surface area contributed by atoms with Crippen molar-refractivity contribution in [2.24, 2.45) is 64.1 Å². The molecule has 14 atom stereocenters. The summed E-state index contributed by atoms with van der Waals surface area (Å²) in [5.41, 5.74) is -3.95. The summed E-state index contributed by atoms with van der Waals surface area (Å²) >= 11 is 0. The number of piperidine rings is 2. The van der Waals surface area contributed by atoms with Crippen LogP contribution in [-0.2, 0) is 38.4 Å². The molecule has 10 aliphatic rings. The first-order chi connectivity index (χ1) is 35.5. The Kier molecular flexibility index (Phi) is 12.9. The number of alkyl halides is 7. The average molecular weight is 1080 g/mol. The van der Waals surface area contributed by atoms with Gasteiger partial charge < -0.3 is 36.4 Å². The zero-order valence-corrected chi connectivity index (χ0v) is 42.5.